The number of esters is 1. The molecule has 4 heterocycles. The van der Waals surface area contributed by atoms with Crippen molar-refractivity contribution in [3.8, 4) is 0 Å². The molecule has 0 spiro atoms. The molecule has 150 valence electrons. The third kappa shape index (κ3) is 3.89. The zero-order chi connectivity index (χ0) is 20.4. The van der Waals surface area contributed by atoms with Crippen molar-refractivity contribution in [2.24, 2.45) is 0 Å². The van der Waals surface area contributed by atoms with E-state index in [-0.39, 0.29) is 30.8 Å². The molecule has 0 radical (unpaired) electrons. The van der Waals surface area contributed by atoms with Gasteiger partial charge in [0, 0.05) is 30.9 Å². The molecule has 0 aliphatic carbocycles. The van der Waals surface area contributed by atoms with Gasteiger partial charge in [-0.25, -0.2) is 15.0 Å². The maximum absolute atomic E-state index is 12.3. The van der Waals surface area contributed by atoms with Gasteiger partial charge >= 0.3 is 5.97 Å². The van der Waals surface area contributed by atoms with E-state index < -0.39 is 0 Å². The average Bonchev–Trinajstić information content (AvgIpc) is 2.98. The quantitative estimate of drug-likeness (QED) is 0.632. The van der Waals surface area contributed by atoms with Crippen molar-refractivity contribution in [3.05, 3.63) is 53.2 Å². The molecule has 0 saturated carbocycles. The fourth-order valence-corrected chi connectivity index (χ4v) is 3.50. The van der Waals surface area contributed by atoms with Crippen molar-refractivity contribution >= 4 is 23.5 Å². The van der Waals surface area contributed by atoms with Gasteiger partial charge in [0.25, 0.3) is 0 Å². The highest BCUT2D eigenvalue weighted by molar-refractivity contribution is 5.78. The van der Waals surface area contributed by atoms with Gasteiger partial charge in [0.15, 0.2) is 0 Å². The van der Waals surface area contributed by atoms with Gasteiger partial charge in [0.1, 0.15) is 12.2 Å². The summed E-state index contributed by atoms with van der Waals surface area (Å²) >= 11 is 0. The maximum Gasteiger partial charge on any atom is 0.325 e. The maximum atomic E-state index is 12.3. The summed E-state index contributed by atoms with van der Waals surface area (Å²) in [5.74, 6) is -0.303. The van der Waals surface area contributed by atoms with Crippen LogP contribution in [0.2, 0.25) is 0 Å². The first-order chi connectivity index (χ1) is 14.0. The zero-order valence-corrected chi connectivity index (χ0v) is 16.3. The molecule has 9 nitrogen and oxygen atoms in total. The minimum Gasteiger partial charge on any atom is -0.465 e. The molecule has 0 saturated heterocycles. The summed E-state index contributed by atoms with van der Waals surface area (Å²) in [5, 5.41) is 5.75. The Morgan fingerprint density at radius 2 is 2.14 bits per heavy atom. The minimum absolute atomic E-state index is 0.00426. The lowest BCUT2D eigenvalue weighted by Gasteiger charge is -2.16. The van der Waals surface area contributed by atoms with E-state index in [4.69, 9.17) is 9.72 Å². The van der Waals surface area contributed by atoms with E-state index in [2.05, 4.69) is 20.6 Å². The minimum atomic E-state index is -0.369. The number of rotatable bonds is 5. The van der Waals surface area contributed by atoms with Crippen LogP contribution in [0.1, 0.15) is 41.8 Å². The van der Waals surface area contributed by atoms with Crippen LogP contribution in [0.5, 0.6) is 0 Å². The molecule has 2 N–H and O–H groups in total. The second-order valence-corrected chi connectivity index (χ2v) is 6.91. The van der Waals surface area contributed by atoms with E-state index in [1.807, 2.05) is 29.7 Å². The van der Waals surface area contributed by atoms with Crippen LogP contribution in [0.4, 0.5) is 5.95 Å². The summed E-state index contributed by atoms with van der Waals surface area (Å²) in [5.41, 5.74) is 4.58. The molecule has 1 aliphatic rings. The highest BCUT2D eigenvalue weighted by Crippen LogP contribution is 2.33. The van der Waals surface area contributed by atoms with Crippen molar-refractivity contribution in [1.29, 1.82) is 0 Å². The number of carbonyl (C=O) groups is 2. The van der Waals surface area contributed by atoms with E-state index in [9.17, 15) is 9.59 Å². The molecular formula is C20H22N6O3. The molecule has 1 atom stereocenters. The zero-order valence-electron chi connectivity index (χ0n) is 16.3. The lowest BCUT2D eigenvalue weighted by molar-refractivity contribution is -0.140. The van der Waals surface area contributed by atoms with Crippen molar-refractivity contribution < 1.29 is 14.3 Å². The number of fused-ring (bicyclic) bond motifs is 3. The van der Waals surface area contributed by atoms with Gasteiger partial charge in [-0.1, -0.05) is 6.07 Å². The van der Waals surface area contributed by atoms with Crippen LogP contribution >= 0.6 is 0 Å². The smallest absolute Gasteiger partial charge is 0.325 e. The number of aryl methyl sites for hydroxylation is 1. The second-order valence-electron chi connectivity index (χ2n) is 6.91. The molecule has 0 bridgehead atoms. The monoisotopic (exact) mass is 394 g/mol. The molecule has 0 unspecified atom stereocenters. The highest BCUT2D eigenvalue weighted by atomic mass is 16.5. The first-order valence-electron chi connectivity index (χ1n) is 9.50. The van der Waals surface area contributed by atoms with Crippen LogP contribution in [0.3, 0.4) is 0 Å². The number of nitrogens with one attached hydrogen (secondary N) is 2. The van der Waals surface area contributed by atoms with Crippen molar-refractivity contribution in [3.63, 3.8) is 0 Å². The Labute approximate surface area is 167 Å². The number of amides is 1. The molecule has 0 aromatic carbocycles. The van der Waals surface area contributed by atoms with Gasteiger partial charge in [-0.3, -0.25) is 9.59 Å². The number of pyridine rings is 1. The number of anilines is 1. The number of hydrogen-bond donors (Lipinski definition) is 2. The summed E-state index contributed by atoms with van der Waals surface area (Å²) in [7, 11) is 0. The third-order valence-corrected chi connectivity index (χ3v) is 4.82. The lowest BCUT2D eigenvalue weighted by atomic mass is 9.94. The van der Waals surface area contributed by atoms with Crippen LogP contribution in [0, 0.1) is 6.92 Å². The van der Waals surface area contributed by atoms with Crippen LogP contribution in [-0.2, 0) is 20.9 Å². The van der Waals surface area contributed by atoms with Crippen LogP contribution in [0.25, 0.3) is 5.65 Å². The first-order valence-corrected chi connectivity index (χ1v) is 9.50. The molecule has 0 fully saturated rings. The van der Waals surface area contributed by atoms with Gasteiger partial charge in [0.2, 0.25) is 11.9 Å². The van der Waals surface area contributed by atoms with Gasteiger partial charge in [-0.15, -0.1) is 0 Å². The molecular weight excluding hydrogens is 372 g/mol. The normalized spacial score (nSPS) is 16.1. The number of hydrogen-bond acceptors (Lipinski definition) is 7. The number of imidazole rings is 1. The predicted molar refractivity (Wildman–Crippen MR) is 105 cm³/mol. The van der Waals surface area contributed by atoms with Crippen molar-refractivity contribution in [1.82, 2.24) is 24.7 Å². The summed E-state index contributed by atoms with van der Waals surface area (Å²) in [6.45, 7) is 4.49. The summed E-state index contributed by atoms with van der Waals surface area (Å²) in [6, 6.07) is 3.99. The molecule has 1 amide bonds. The number of nitrogens with zero attached hydrogens (tertiary/aromatic N) is 4. The largest absolute Gasteiger partial charge is 0.465 e. The van der Waals surface area contributed by atoms with Crippen LogP contribution in [-0.4, -0.2) is 44.4 Å². The summed E-state index contributed by atoms with van der Waals surface area (Å²) in [4.78, 5) is 37.1. The molecule has 29 heavy (non-hydrogen) atoms. The molecule has 4 rings (SSSR count). The molecule has 9 heteroatoms. The number of carbonyl (C=O) groups excluding carboxylic acids is 2. The molecule has 3 aromatic heterocycles. The van der Waals surface area contributed by atoms with E-state index in [1.54, 1.807) is 19.3 Å². The standard InChI is InChI=1S/C20H22N6O3/c1-3-29-18(28)10-24-20-22-7-13(8-23-20)14-6-17(27)21-9-15-19(14)26-11-12(2)4-5-16(26)25-15/h4-5,7-8,11,14H,3,6,9-10H2,1-2H3,(H,21,27)(H,22,23,24)/t14-/m1/s1. The van der Waals surface area contributed by atoms with E-state index >= 15 is 0 Å². The van der Waals surface area contributed by atoms with Gasteiger partial charge in [-0.2, -0.15) is 0 Å². The molecule has 3 aromatic rings. The van der Waals surface area contributed by atoms with Gasteiger partial charge < -0.3 is 19.8 Å². The third-order valence-electron chi connectivity index (χ3n) is 4.82. The van der Waals surface area contributed by atoms with E-state index in [1.165, 1.54) is 0 Å². The fourth-order valence-electron chi connectivity index (χ4n) is 3.50. The highest BCUT2D eigenvalue weighted by Gasteiger charge is 2.29. The van der Waals surface area contributed by atoms with Crippen LogP contribution in [0.15, 0.2) is 30.7 Å². The summed E-state index contributed by atoms with van der Waals surface area (Å²) in [6.07, 6.45) is 5.68. The van der Waals surface area contributed by atoms with Gasteiger partial charge in [0.05, 0.1) is 24.5 Å². The summed E-state index contributed by atoms with van der Waals surface area (Å²) < 4.78 is 6.92. The second kappa shape index (κ2) is 7.86. The van der Waals surface area contributed by atoms with Crippen molar-refractivity contribution in [2.45, 2.75) is 32.7 Å². The predicted octanol–water partition coefficient (Wildman–Crippen LogP) is 1.56. The SMILES string of the molecule is CCOC(=O)CNc1ncc([C@H]2CC(=O)NCc3nc4ccc(C)cn4c32)cn1. The van der Waals surface area contributed by atoms with Crippen LogP contribution < -0.4 is 10.6 Å². The fraction of sp³-hybridized carbons (Fsp3) is 0.350. The van der Waals surface area contributed by atoms with E-state index in [0.717, 1.165) is 28.2 Å². The van der Waals surface area contributed by atoms with E-state index in [0.29, 0.717) is 19.1 Å². The van der Waals surface area contributed by atoms with Crippen molar-refractivity contribution in [2.75, 3.05) is 18.5 Å². The Morgan fingerprint density at radius 3 is 2.90 bits per heavy atom. The number of aromatic nitrogens is 4. The average molecular weight is 394 g/mol. The lowest BCUT2D eigenvalue weighted by Crippen LogP contribution is -2.21. The Kier molecular flexibility index (Phi) is 5.11. The Bertz CT molecular complexity index is 1060. The Balaban J connectivity index is 1.65. The Morgan fingerprint density at radius 1 is 1.34 bits per heavy atom. The first kappa shape index (κ1) is 18.9. The Hall–Kier alpha value is -3.49. The topological polar surface area (TPSA) is 111 Å². The van der Waals surface area contributed by atoms with Gasteiger partial charge in [-0.05, 0) is 31.0 Å². The molecule has 1 aliphatic heterocycles. The number of ether oxygens (including phenoxy) is 1.